The molecule has 6 nitrogen and oxygen atoms in total. The van der Waals surface area contributed by atoms with Gasteiger partial charge in [0.05, 0.1) is 10.5 Å². The van der Waals surface area contributed by atoms with E-state index in [1.54, 1.807) is 30.1 Å². The van der Waals surface area contributed by atoms with Crippen LogP contribution in [0, 0.1) is 5.92 Å². The maximum atomic E-state index is 13.1. The summed E-state index contributed by atoms with van der Waals surface area (Å²) in [5, 5.41) is 0. The molecule has 0 unspecified atom stereocenters. The van der Waals surface area contributed by atoms with E-state index in [0.29, 0.717) is 32.1 Å². The lowest BCUT2D eigenvalue weighted by Crippen LogP contribution is -2.40. The van der Waals surface area contributed by atoms with Gasteiger partial charge >= 0.3 is 0 Å². The molecule has 1 aromatic carbocycles. The van der Waals surface area contributed by atoms with E-state index >= 15 is 0 Å². The molecule has 2 rings (SSSR count). The molecule has 1 saturated heterocycles. The number of nitrogens with two attached hydrogens (primary N) is 1. The van der Waals surface area contributed by atoms with Crippen LogP contribution < -0.4 is 5.73 Å². The van der Waals surface area contributed by atoms with Crippen molar-refractivity contribution in [1.29, 1.82) is 0 Å². The van der Waals surface area contributed by atoms with Crippen molar-refractivity contribution in [2.45, 2.75) is 37.5 Å². The minimum atomic E-state index is -3.68. The van der Waals surface area contributed by atoms with Gasteiger partial charge in [-0.15, -0.1) is 12.4 Å². The molecule has 0 atom stereocenters. The molecule has 0 aromatic heterocycles. The summed E-state index contributed by atoms with van der Waals surface area (Å²) in [6.07, 6.45) is 3.40. The quantitative estimate of drug-likeness (QED) is 0.757. The fourth-order valence-electron chi connectivity index (χ4n) is 3.10. The maximum absolute atomic E-state index is 13.1. The highest BCUT2D eigenvalue weighted by atomic mass is 35.5. The van der Waals surface area contributed by atoms with E-state index < -0.39 is 10.0 Å². The van der Waals surface area contributed by atoms with E-state index in [-0.39, 0.29) is 28.8 Å². The molecule has 8 heteroatoms. The fraction of sp³-hybridized carbons (Fsp3) is 0.611. The van der Waals surface area contributed by atoms with Crippen molar-refractivity contribution in [1.82, 2.24) is 9.21 Å². The second kappa shape index (κ2) is 10.3. The fourth-order valence-corrected chi connectivity index (χ4v) is 4.75. The largest absolute Gasteiger partial charge is 0.342 e. The van der Waals surface area contributed by atoms with Gasteiger partial charge in [-0.3, -0.25) is 4.79 Å². The molecular weight excluding hydrogens is 374 g/mol. The molecule has 2 N–H and O–H groups in total. The molecule has 26 heavy (non-hydrogen) atoms. The molecule has 1 amide bonds. The van der Waals surface area contributed by atoms with Gasteiger partial charge in [-0.2, -0.15) is 4.31 Å². The predicted octanol–water partition coefficient (Wildman–Crippen LogP) is 2.34. The van der Waals surface area contributed by atoms with E-state index in [0.717, 1.165) is 25.7 Å². The summed E-state index contributed by atoms with van der Waals surface area (Å²) in [6.45, 7) is 4.18. The Kier molecular flexibility index (Phi) is 9.03. The van der Waals surface area contributed by atoms with Crippen LogP contribution in [-0.4, -0.2) is 56.8 Å². The van der Waals surface area contributed by atoms with Crippen LogP contribution in [0.15, 0.2) is 29.2 Å². The van der Waals surface area contributed by atoms with Crippen LogP contribution >= 0.6 is 12.4 Å². The molecule has 1 aromatic rings. The molecule has 0 bridgehead atoms. The molecule has 0 radical (unpaired) electrons. The zero-order chi connectivity index (χ0) is 18.4. The van der Waals surface area contributed by atoms with Crippen molar-refractivity contribution in [3.05, 3.63) is 29.8 Å². The van der Waals surface area contributed by atoms with Crippen molar-refractivity contribution in [3.8, 4) is 0 Å². The number of carbonyl (C=O) groups is 1. The number of piperidine rings is 1. The third-order valence-electron chi connectivity index (χ3n) is 4.84. The Balaban J connectivity index is 0.00000338. The normalized spacial score (nSPS) is 16.1. The van der Waals surface area contributed by atoms with Gasteiger partial charge in [-0.25, -0.2) is 8.42 Å². The van der Waals surface area contributed by atoms with E-state index in [9.17, 15) is 13.2 Å². The second-order valence-electron chi connectivity index (χ2n) is 6.66. The van der Waals surface area contributed by atoms with E-state index in [1.165, 1.54) is 10.4 Å². The number of hydrogen-bond acceptors (Lipinski definition) is 4. The summed E-state index contributed by atoms with van der Waals surface area (Å²) in [5.74, 6) is 0.132. The number of hydrogen-bond donors (Lipinski definition) is 1. The van der Waals surface area contributed by atoms with Crippen LogP contribution in [0.25, 0.3) is 0 Å². The van der Waals surface area contributed by atoms with Crippen molar-refractivity contribution < 1.29 is 13.2 Å². The summed E-state index contributed by atoms with van der Waals surface area (Å²) < 4.78 is 27.6. The number of rotatable bonds is 7. The lowest BCUT2D eigenvalue weighted by molar-refractivity contribution is 0.0789. The lowest BCUT2D eigenvalue weighted by atomic mass is 9.99. The Labute approximate surface area is 163 Å². The summed E-state index contributed by atoms with van der Waals surface area (Å²) in [6, 6.07) is 6.51. The molecule has 148 valence electrons. The summed E-state index contributed by atoms with van der Waals surface area (Å²) in [7, 11) is -1.96. The first-order valence-corrected chi connectivity index (χ1v) is 10.4. The highest BCUT2D eigenvalue weighted by Gasteiger charge is 2.32. The van der Waals surface area contributed by atoms with Gasteiger partial charge in [0.15, 0.2) is 0 Å². The Hall–Kier alpha value is -1.15. The van der Waals surface area contributed by atoms with Crippen LogP contribution in [0.5, 0.6) is 0 Å². The number of amides is 1. The molecule has 1 fully saturated rings. The maximum Gasteiger partial charge on any atom is 0.254 e. The molecule has 0 aliphatic carbocycles. The van der Waals surface area contributed by atoms with Crippen LogP contribution in [0.3, 0.4) is 0 Å². The standard InChI is InChI=1S/C18H29N3O3S.ClH/c1-3-4-11-20(2)18(22)16-7-5-6-8-17(16)25(23,24)21-12-9-15(14-19)10-13-21;/h5-8,15H,3-4,9-14,19H2,1-2H3;1H. The minimum absolute atomic E-state index is 0. The average Bonchev–Trinajstić information content (AvgIpc) is 2.65. The molecule has 1 aliphatic rings. The zero-order valence-corrected chi connectivity index (χ0v) is 17.2. The summed E-state index contributed by atoms with van der Waals surface area (Å²) in [4.78, 5) is 14.4. The van der Waals surface area contributed by atoms with E-state index in [4.69, 9.17) is 5.73 Å². The number of carbonyl (C=O) groups excluding carboxylic acids is 1. The third kappa shape index (κ3) is 5.19. The minimum Gasteiger partial charge on any atom is -0.342 e. The average molecular weight is 404 g/mol. The number of benzene rings is 1. The van der Waals surface area contributed by atoms with Crippen molar-refractivity contribution in [2.24, 2.45) is 11.7 Å². The summed E-state index contributed by atoms with van der Waals surface area (Å²) >= 11 is 0. The third-order valence-corrected chi connectivity index (χ3v) is 6.79. The van der Waals surface area contributed by atoms with Gasteiger partial charge in [0.25, 0.3) is 5.91 Å². The topological polar surface area (TPSA) is 83.7 Å². The molecule has 1 aliphatic heterocycles. The second-order valence-corrected chi connectivity index (χ2v) is 8.57. The monoisotopic (exact) mass is 403 g/mol. The first-order valence-electron chi connectivity index (χ1n) is 8.96. The summed E-state index contributed by atoms with van der Waals surface area (Å²) in [5.41, 5.74) is 5.94. The predicted molar refractivity (Wildman–Crippen MR) is 106 cm³/mol. The molecule has 1 heterocycles. The van der Waals surface area contributed by atoms with Crippen molar-refractivity contribution >= 4 is 28.3 Å². The van der Waals surface area contributed by atoms with Crippen LogP contribution in [0.1, 0.15) is 43.0 Å². The number of halogens is 1. The van der Waals surface area contributed by atoms with Gasteiger partial charge in [-0.1, -0.05) is 25.5 Å². The SMILES string of the molecule is CCCCN(C)C(=O)c1ccccc1S(=O)(=O)N1CCC(CN)CC1.Cl. The highest BCUT2D eigenvalue weighted by Crippen LogP contribution is 2.26. The first-order chi connectivity index (χ1) is 11.9. The smallest absolute Gasteiger partial charge is 0.254 e. The van der Waals surface area contributed by atoms with Crippen molar-refractivity contribution in [3.63, 3.8) is 0 Å². The first kappa shape index (κ1) is 22.9. The van der Waals surface area contributed by atoms with Gasteiger partial charge < -0.3 is 10.6 Å². The van der Waals surface area contributed by atoms with Gasteiger partial charge in [-0.05, 0) is 43.9 Å². The van der Waals surface area contributed by atoms with Crippen LogP contribution in [-0.2, 0) is 10.0 Å². The Morgan fingerprint density at radius 2 is 1.88 bits per heavy atom. The lowest BCUT2D eigenvalue weighted by Gasteiger charge is -2.31. The molecule has 0 spiro atoms. The Bertz CT molecular complexity index is 689. The highest BCUT2D eigenvalue weighted by molar-refractivity contribution is 7.89. The number of nitrogens with zero attached hydrogens (tertiary/aromatic N) is 2. The molecule has 0 saturated carbocycles. The number of unbranched alkanes of at least 4 members (excludes halogenated alkanes) is 1. The Morgan fingerprint density at radius 3 is 2.46 bits per heavy atom. The van der Waals surface area contributed by atoms with E-state index in [2.05, 4.69) is 6.92 Å². The Morgan fingerprint density at radius 1 is 1.27 bits per heavy atom. The van der Waals surface area contributed by atoms with E-state index in [1.807, 2.05) is 0 Å². The van der Waals surface area contributed by atoms with Crippen LogP contribution in [0.2, 0.25) is 0 Å². The van der Waals surface area contributed by atoms with Gasteiger partial charge in [0.1, 0.15) is 0 Å². The molecular formula is C18H30ClN3O3S. The van der Waals surface area contributed by atoms with Gasteiger partial charge in [0, 0.05) is 26.7 Å². The zero-order valence-electron chi connectivity index (χ0n) is 15.6. The van der Waals surface area contributed by atoms with Crippen molar-refractivity contribution in [2.75, 3.05) is 33.2 Å². The number of sulfonamides is 1. The van der Waals surface area contributed by atoms with Crippen LogP contribution in [0.4, 0.5) is 0 Å². The van der Waals surface area contributed by atoms with Gasteiger partial charge in [0.2, 0.25) is 10.0 Å².